The smallest absolute Gasteiger partial charge is 0.329 e. The van der Waals surface area contributed by atoms with Crippen LogP contribution < -0.4 is 0 Å². The van der Waals surface area contributed by atoms with E-state index in [0.29, 0.717) is 19.5 Å². The summed E-state index contributed by atoms with van der Waals surface area (Å²) >= 11 is 4.96. The highest BCUT2D eigenvalue weighted by molar-refractivity contribution is 9.10. The van der Waals surface area contributed by atoms with Gasteiger partial charge in [-0.05, 0) is 48.2 Å². The fraction of sp³-hybridized carbons (Fsp3) is 0.571. The second-order valence-electron chi connectivity index (χ2n) is 5.56. The van der Waals surface area contributed by atoms with E-state index < -0.39 is 11.5 Å². The average molecular weight is 375 g/mol. The zero-order valence-electron chi connectivity index (χ0n) is 12.1. The van der Waals surface area contributed by atoms with Crippen LogP contribution in [0.25, 0.3) is 0 Å². The number of aliphatic carboxylic acids is 1. The number of carboxylic acids is 1. The number of carboxylic acid groups (broad SMARTS) is 1. The summed E-state index contributed by atoms with van der Waals surface area (Å²) in [6.45, 7) is 2.63. The molecule has 0 saturated carbocycles. The quantitative estimate of drug-likeness (QED) is 0.881. The molecule has 0 aliphatic carbocycles. The molecule has 1 unspecified atom stereocenters. The van der Waals surface area contributed by atoms with Crippen molar-refractivity contribution in [2.75, 3.05) is 13.6 Å². The zero-order valence-corrected chi connectivity index (χ0v) is 14.5. The highest BCUT2D eigenvalue weighted by Crippen LogP contribution is 2.30. The second-order valence-corrected chi connectivity index (χ2v) is 7.47. The van der Waals surface area contributed by atoms with Crippen LogP contribution >= 0.6 is 27.3 Å². The molecule has 1 aliphatic heterocycles. The van der Waals surface area contributed by atoms with Gasteiger partial charge in [-0.25, -0.2) is 9.59 Å². The van der Waals surface area contributed by atoms with Crippen molar-refractivity contribution in [3.8, 4) is 0 Å². The molecule has 7 heteroatoms. The first kappa shape index (κ1) is 16.3. The standard InChI is InChI=1S/C14H19BrN2O3S/c1-14(12(18)19)5-3-4-6-17(14)13(20)16(2)8-11-7-10(15)9-21-11/h7,9H,3-6,8H2,1-2H3,(H,18,19). The molecule has 2 rings (SSSR count). The van der Waals surface area contributed by atoms with E-state index in [4.69, 9.17) is 0 Å². The molecule has 1 aromatic heterocycles. The molecule has 1 aromatic rings. The Morgan fingerprint density at radius 1 is 1.52 bits per heavy atom. The highest BCUT2D eigenvalue weighted by atomic mass is 79.9. The first-order valence-corrected chi connectivity index (χ1v) is 8.51. The van der Waals surface area contributed by atoms with Crippen LogP contribution in [-0.4, -0.2) is 46.0 Å². The Balaban J connectivity index is 2.11. The summed E-state index contributed by atoms with van der Waals surface area (Å²) in [5.74, 6) is -0.928. The van der Waals surface area contributed by atoms with Crippen LogP contribution in [-0.2, 0) is 11.3 Å². The normalized spacial score (nSPS) is 22.1. The minimum Gasteiger partial charge on any atom is -0.480 e. The Hall–Kier alpha value is -1.08. The number of hydrogen-bond acceptors (Lipinski definition) is 3. The Bertz CT molecular complexity index is 548. The summed E-state index contributed by atoms with van der Waals surface area (Å²) in [5.41, 5.74) is -1.10. The Morgan fingerprint density at radius 2 is 2.24 bits per heavy atom. The number of likely N-dealkylation sites (tertiary alicyclic amines) is 1. The number of nitrogens with zero attached hydrogens (tertiary/aromatic N) is 2. The number of hydrogen-bond donors (Lipinski definition) is 1. The lowest BCUT2D eigenvalue weighted by atomic mass is 9.89. The van der Waals surface area contributed by atoms with Crippen molar-refractivity contribution < 1.29 is 14.7 Å². The van der Waals surface area contributed by atoms with Crippen molar-refractivity contribution in [2.24, 2.45) is 0 Å². The van der Waals surface area contributed by atoms with Gasteiger partial charge in [0.2, 0.25) is 0 Å². The number of urea groups is 1. The molecule has 2 heterocycles. The fourth-order valence-electron chi connectivity index (χ4n) is 2.59. The molecule has 1 saturated heterocycles. The van der Waals surface area contributed by atoms with E-state index in [1.165, 1.54) is 4.90 Å². The van der Waals surface area contributed by atoms with Crippen LogP contribution in [0.2, 0.25) is 0 Å². The summed E-state index contributed by atoms with van der Waals surface area (Å²) in [5, 5.41) is 11.4. The second kappa shape index (κ2) is 6.36. The van der Waals surface area contributed by atoms with Gasteiger partial charge >= 0.3 is 12.0 Å². The Morgan fingerprint density at radius 3 is 2.81 bits per heavy atom. The topological polar surface area (TPSA) is 60.9 Å². The van der Waals surface area contributed by atoms with Gasteiger partial charge in [0, 0.05) is 28.3 Å². The first-order chi connectivity index (χ1) is 9.84. The van der Waals surface area contributed by atoms with E-state index in [2.05, 4.69) is 15.9 Å². The predicted octanol–water partition coefficient (Wildman–Crippen LogP) is 3.39. The monoisotopic (exact) mass is 374 g/mol. The van der Waals surface area contributed by atoms with E-state index in [1.807, 2.05) is 11.4 Å². The van der Waals surface area contributed by atoms with Gasteiger partial charge < -0.3 is 14.9 Å². The molecule has 2 amide bonds. The van der Waals surface area contributed by atoms with Gasteiger partial charge in [-0.3, -0.25) is 0 Å². The third kappa shape index (κ3) is 3.40. The molecule has 1 N–H and O–H groups in total. The van der Waals surface area contributed by atoms with Gasteiger partial charge in [0.1, 0.15) is 5.54 Å². The number of thiophene rings is 1. The maximum absolute atomic E-state index is 12.6. The van der Waals surface area contributed by atoms with E-state index in [9.17, 15) is 14.7 Å². The van der Waals surface area contributed by atoms with Gasteiger partial charge in [0.05, 0.1) is 6.54 Å². The Labute approximate surface area is 136 Å². The lowest BCUT2D eigenvalue weighted by Gasteiger charge is -2.43. The van der Waals surface area contributed by atoms with Gasteiger partial charge in [-0.1, -0.05) is 0 Å². The van der Waals surface area contributed by atoms with Crippen LogP contribution in [0.15, 0.2) is 15.9 Å². The van der Waals surface area contributed by atoms with Crippen molar-refractivity contribution in [3.63, 3.8) is 0 Å². The molecular formula is C14H19BrN2O3S. The van der Waals surface area contributed by atoms with Gasteiger partial charge in [-0.15, -0.1) is 11.3 Å². The van der Waals surface area contributed by atoms with E-state index >= 15 is 0 Å². The van der Waals surface area contributed by atoms with Gasteiger partial charge in [0.15, 0.2) is 0 Å². The fourth-order valence-corrected chi connectivity index (χ4v) is 4.10. The van der Waals surface area contributed by atoms with Crippen molar-refractivity contribution in [2.45, 2.75) is 38.3 Å². The summed E-state index contributed by atoms with van der Waals surface area (Å²) in [4.78, 5) is 28.3. The lowest BCUT2D eigenvalue weighted by Crippen LogP contribution is -2.60. The summed E-state index contributed by atoms with van der Waals surface area (Å²) in [6.07, 6.45) is 2.20. The number of halogens is 1. The number of rotatable bonds is 3. The number of piperidine rings is 1. The Kier molecular flexibility index (Phi) is 4.93. The minimum atomic E-state index is -1.10. The van der Waals surface area contributed by atoms with E-state index in [-0.39, 0.29) is 6.03 Å². The summed E-state index contributed by atoms with van der Waals surface area (Å²) < 4.78 is 0.997. The molecule has 0 aromatic carbocycles. The SMILES string of the molecule is CN(Cc1cc(Br)cs1)C(=O)N1CCCCC1(C)C(=O)O. The molecule has 1 aliphatic rings. The summed E-state index contributed by atoms with van der Waals surface area (Å²) in [6, 6.07) is 1.75. The maximum atomic E-state index is 12.6. The third-order valence-electron chi connectivity index (χ3n) is 3.92. The van der Waals surface area contributed by atoms with Crippen molar-refractivity contribution in [3.05, 3.63) is 20.8 Å². The van der Waals surface area contributed by atoms with Crippen molar-refractivity contribution in [1.29, 1.82) is 0 Å². The number of amides is 2. The molecule has 1 atom stereocenters. The first-order valence-electron chi connectivity index (χ1n) is 6.83. The number of carbonyl (C=O) groups is 2. The summed E-state index contributed by atoms with van der Waals surface area (Å²) in [7, 11) is 1.72. The lowest BCUT2D eigenvalue weighted by molar-refractivity contribution is -0.150. The molecule has 21 heavy (non-hydrogen) atoms. The minimum absolute atomic E-state index is 0.218. The molecule has 0 spiro atoms. The molecule has 5 nitrogen and oxygen atoms in total. The van der Waals surface area contributed by atoms with Crippen molar-refractivity contribution >= 4 is 39.3 Å². The van der Waals surface area contributed by atoms with Crippen LogP contribution in [0, 0.1) is 0 Å². The largest absolute Gasteiger partial charge is 0.480 e. The van der Waals surface area contributed by atoms with Crippen LogP contribution in [0.5, 0.6) is 0 Å². The van der Waals surface area contributed by atoms with Crippen LogP contribution in [0.4, 0.5) is 4.79 Å². The third-order valence-corrected chi connectivity index (χ3v) is 5.61. The molecule has 116 valence electrons. The molecular weight excluding hydrogens is 356 g/mol. The molecule has 0 bridgehead atoms. The van der Waals surface area contributed by atoms with Crippen LogP contribution in [0.1, 0.15) is 31.1 Å². The van der Waals surface area contributed by atoms with E-state index in [1.54, 1.807) is 30.2 Å². The predicted molar refractivity (Wildman–Crippen MR) is 85.5 cm³/mol. The van der Waals surface area contributed by atoms with Crippen molar-refractivity contribution in [1.82, 2.24) is 9.80 Å². The average Bonchev–Trinajstić information content (AvgIpc) is 2.83. The highest BCUT2D eigenvalue weighted by Gasteiger charge is 2.44. The van der Waals surface area contributed by atoms with Gasteiger partial charge in [-0.2, -0.15) is 0 Å². The molecule has 1 fully saturated rings. The zero-order chi connectivity index (χ0) is 15.6. The molecule has 0 radical (unpaired) electrons. The van der Waals surface area contributed by atoms with E-state index in [0.717, 1.165) is 22.2 Å². The maximum Gasteiger partial charge on any atom is 0.329 e. The number of carbonyl (C=O) groups excluding carboxylic acids is 1. The van der Waals surface area contributed by atoms with Gasteiger partial charge in [0.25, 0.3) is 0 Å². The van der Waals surface area contributed by atoms with Crippen LogP contribution in [0.3, 0.4) is 0 Å².